The quantitative estimate of drug-likeness (QED) is 0.712. The molecule has 5 nitrogen and oxygen atoms in total. The van der Waals surface area contributed by atoms with Gasteiger partial charge in [-0.1, -0.05) is 18.2 Å². The van der Waals surface area contributed by atoms with Crippen LogP contribution < -0.4 is 16.4 Å². The fraction of sp³-hybridized carbons (Fsp3) is 0.500. The number of carbonyl (C=O) groups excluding carboxylic acids is 1. The number of ether oxygens (including phenoxy) is 1. The standard InChI is InChI=1S/C14H23N3O2/c1-14(2,3)19-13(18)17-9-8-16-12-7-5-4-6-11(12)10-15/h4-7,16H,8-10,15H2,1-3H3,(H,17,18). The van der Waals surface area contributed by atoms with E-state index in [4.69, 9.17) is 10.5 Å². The van der Waals surface area contributed by atoms with Crippen LogP contribution in [-0.2, 0) is 11.3 Å². The van der Waals surface area contributed by atoms with Crippen molar-refractivity contribution in [2.24, 2.45) is 5.73 Å². The molecular formula is C14H23N3O2. The van der Waals surface area contributed by atoms with Crippen LogP contribution in [0.25, 0.3) is 0 Å². The second-order valence-electron chi connectivity index (χ2n) is 5.22. The molecule has 5 heteroatoms. The van der Waals surface area contributed by atoms with E-state index in [9.17, 15) is 4.79 Å². The minimum absolute atomic E-state index is 0.401. The first kappa shape index (κ1) is 15.3. The molecule has 0 heterocycles. The van der Waals surface area contributed by atoms with Crippen LogP contribution in [0.3, 0.4) is 0 Å². The number of alkyl carbamates (subject to hydrolysis) is 1. The van der Waals surface area contributed by atoms with Gasteiger partial charge >= 0.3 is 6.09 Å². The first-order valence-electron chi connectivity index (χ1n) is 6.41. The molecule has 0 spiro atoms. The van der Waals surface area contributed by atoms with Crippen molar-refractivity contribution in [3.8, 4) is 0 Å². The number of hydrogen-bond donors (Lipinski definition) is 3. The molecule has 0 saturated carbocycles. The Morgan fingerprint density at radius 1 is 1.26 bits per heavy atom. The Morgan fingerprint density at radius 2 is 1.95 bits per heavy atom. The minimum Gasteiger partial charge on any atom is -0.444 e. The van der Waals surface area contributed by atoms with Gasteiger partial charge in [0.15, 0.2) is 0 Å². The molecule has 0 aliphatic rings. The highest BCUT2D eigenvalue weighted by molar-refractivity contribution is 5.67. The van der Waals surface area contributed by atoms with Crippen LogP contribution in [0, 0.1) is 0 Å². The fourth-order valence-corrected chi connectivity index (χ4v) is 1.55. The monoisotopic (exact) mass is 265 g/mol. The van der Waals surface area contributed by atoms with Crippen LogP contribution in [-0.4, -0.2) is 24.8 Å². The smallest absolute Gasteiger partial charge is 0.407 e. The lowest BCUT2D eigenvalue weighted by atomic mass is 10.2. The maximum Gasteiger partial charge on any atom is 0.407 e. The maximum atomic E-state index is 11.4. The van der Waals surface area contributed by atoms with Gasteiger partial charge in [-0.05, 0) is 32.4 Å². The summed E-state index contributed by atoms with van der Waals surface area (Å²) in [6.45, 7) is 7.11. The fourth-order valence-electron chi connectivity index (χ4n) is 1.55. The molecule has 0 aromatic heterocycles. The molecule has 1 aromatic rings. The average molecular weight is 265 g/mol. The summed E-state index contributed by atoms with van der Waals surface area (Å²) in [5, 5.41) is 5.92. The molecule has 0 atom stereocenters. The van der Waals surface area contributed by atoms with Crippen LogP contribution in [0.15, 0.2) is 24.3 Å². The van der Waals surface area contributed by atoms with Gasteiger partial charge in [0, 0.05) is 25.3 Å². The van der Waals surface area contributed by atoms with Crippen LogP contribution in [0.2, 0.25) is 0 Å². The van der Waals surface area contributed by atoms with Crippen molar-refractivity contribution in [2.75, 3.05) is 18.4 Å². The highest BCUT2D eigenvalue weighted by Gasteiger charge is 2.15. The molecule has 0 bridgehead atoms. The van der Waals surface area contributed by atoms with Crippen molar-refractivity contribution in [1.82, 2.24) is 5.32 Å². The molecule has 0 aliphatic heterocycles. The molecule has 1 amide bonds. The van der Waals surface area contributed by atoms with Crippen LogP contribution in [0.5, 0.6) is 0 Å². The number of hydrogen-bond acceptors (Lipinski definition) is 4. The summed E-state index contributed by atoms with van der Waals surface area (Å²) in [6, 6.07) is 7.84. The number of anilines is 1. The predicted molar refractivity (Wildman–Crippen MR) is 77.1 cm³/mol. The van der Waals surface area contributed by atoms with Crippen LogP contribution in [0.4, 0.5) is 10.5 Å². The summed E-state index contributed by atoms with van der Waals surface area (Å²) < 4.78 is 5.14. The van der Waals surface area contributed by atoms with E-state index in [1.807, 2.05) is 45.0 Å². The van der Waals surface area contributed by atoms with Crippen LogP contribution in [0.1, 0.15) is 26.3 Å². The van der Waals surface area contributed by atoms with Crippen molar-refractivity contribution in [1.29, 1.82) is 0 Å². The lowest BCUT2D eigenvalue weighted by molar-refractivity contribution is 0.0530. The third-order valence-corrected chi connectivity index (χ3v) is 2.35. The summed E-state index contributed by atoms with van der Waals surface area (Å²) >= 11 is 0. The summed E-state index contributed by atoms with van der Waals surface area (Å²) in [6.07, 6.45) is -0.401. The molecule has 1 rings (SSSR count). The maximum absolute atomic E-state index is 11.4. The average Bonchev–Trinajstić information content (AvgIpc) is 2.33. The molecule has 0 fully saturated rings. The zero-order valence-corrected chi connectivity index (χ0v) is 11.8. The minimum atomic E-state index is -0.469. The second kappa shape index (κ2) is 6.99. The number of rotatable bonds is 5. The first-order chi connectivity index (χ1) is 8.92. The first-order valence-corrected chi connectivity index (χ1v) is 6.41. The number of amides is 1. The van der Waals surface area contributed by atoms with Crippen molar-refractivity contribution in [3.63, 3.8) is 0 Å². The normalized spacial score (nSPS) is 10.9. The van der Waals surface area contributed by atoms with Crippen molar-refractivity contribution in [2.45, 2.75) is 32.9 Å². The molecule has 0 saturated heterocycles. The molecule has 1 aromatic carbocycles. The van der Waals surface area contributed by atoms with Gasteiger partial charge in [-0.15, -0.1) is 0 Å². The third kappa shape index (κ3) is 6.10. The SMILES string of the molecule is CC(C)(C)OC(=O)NCCNc1ccccc1CN. The van der Waals surface area contributed by atoms with Gasteiger partial charge in [-0.2, -0.15) is 0 Å². The number of nitrogens with two attached hydrogens (primary N) is 1. The molecule has 0 unspecified atom stereocenters. The largest absolute Gasteiger partial charge is 0.444 e. The number of carbonyl (C=O) groups is 1. The summed E-state index contributed by atoms with van der Waals surface area (Å²) in [5.41, 5.74) is 7.23. The highest BCUT2D eigenvalue weighted by Crippen LogP contribution is 2.13. The van der Waals surface area contributed by atoms with Gasteiger partial charge in [0.25, 0.3) is 0 Å². The van der Waals surface area contributed by atoms with E-state index in [2.05, 4.69) is 10.6 Å². The lowest BCUT2D eigenvalue weighted by Crippen LogP contribution is -2.35. The van der Waals surface area contributed by atoms with E-state index in [0.717, 1.165) is 11.3 Å². The van der Waals surface area contributed by atoms with E-state index in [-0.39, 0.29) is 0 Å². The Hall–Kier alpha value is -1.75. The lowest BCUT2D eigenvalue weighted by Gasteiger charge is -2.19. The Labute approximate surface area is 114 Å². The molecule has 0 radical (unpaired) electrons. The zero-order chi connectivity index (χ0) is 14.3. The van der Waals surface area contributed by atoms with E-state index < -0.39 is 11.7 Å². The van der Waals surface area contributed by atoms with Gasteiger partial charge in [0.1, 0.15) is 5.60 Å². The van der Waals surface area contributed by atoms with Crippen molar-refractivity contribution >= 4 is 11.8 Å². The van der Waals surface area contributed by atoms with E-state index in [1.54, 1.807) is 0 Å². The Bertz CT molecular complexity index is 413. The van der Waals surface area contributed by atoms with Gasteiger partial charge in [-0.25, -0.2) is 4.79 Å². The van der Waals surface area contributed by atoms with Crippen molar-refractivity contribution in [3.05, 3.63) is 29.8 Å². The number of para-hydroxylation sites is 1. The molecule has 106 valence electrons. The molecular weight excluding hydrogens is 242 g/mol. The number of nitrogens with one attached hydrogen (secondary N) is 2. The van der Waals surface area contributed by atoms with Gasteiger partial charge < -0.3 is 21.1 Å². The summed E-state index contributed by atoms with van der Waals surface area (Å²) in [4.78, 5) is 11.4. The zero-order valence-electron chi connectivity index (χ0n) is 11.8. The molecule has 0 aliphatic carbocycles. The topological polar surface area (TPSA) is 76.4 Å². The second-order valence-corrected chi connectivity index (χ2v) is 5.22. The Morgan fingerprint density at radius 3 is 2.58 bits per heavy atom. The highest BCUT2D eigenvalue weighted by atomic mass is 16.6. The molecule has 19 heavy (non-hydrogen) atoms. The molecule has 4 N–H and O–H groups in total. The van der Waals surface area contributed by atoms with Gasteiger partial charge in [-0.3, -0.25) is 0 Å². The van der Waals surface area contributed by atoms with E-state index >= 15 is 0 Å². The number of benzene rings is 1. The third-order valence-electron chi connectivity index (χ3n) is 2.35. The predicted octanol–water partition coefficient (Wildman–Crippen LogP) is 2.08. The van der Waals surface area contributed by atoms with Crippen LogP contribution >= 0.6 is 0 Å². The summed E-state index contributed by atoms with van der Waals surface area (Å²) in [7, 11) is 0. The van der Waals surface area contributed by atoms with Gasteiger partial charge in [0.2, 0.25) is 0 Å². The summed E-state index contributed by atoms with van der Waals surface area (Å²) in [5.74, 6) is 0. The van der Waals surface area contributed by atoms with E-state index in [1.165, 1.54) is 0 Å². The van der Waals surface area contributed by atoms with Gasteiger partial charge in [0.05, 0.1) is 0 Å². The Balaban J connectivity index is 2.29. The van der Waals surface area contributed by atoms with E-state index in [0.29, 0.717) is 19.6 Å². The Kier molecular flexibility index (Phi) is 5.63. The van der Waals surface area contributed by atoms with Crippen molar-refractivity contribution < 1.29 is 9.53 Å².